The van der Waals surface area contributed by atoms with Crippen molar-refractivity contribution in [1.29, 1.82) is 5.26 Å². The second-order valence-electron chi connectivity index (χ2n) is 7.35. The molecular weight excluding hydrogens is 465 g/mol. The number of carbonyl (C=O) groups excluding carboxylic acids is 1. The molecule has 0 bridgehead atoms. The summed E-state index contributed by atoms with van der Waals surface area (Å²) < 4.78 is 0. The average molecular weight is 484 g/mol. The topological polar surface area (TPSA) is 56.1 Å². The summed E-state index contributed by atoms with van der Waals surface area (Å²) in [7, 11) is 0. The number of benzene rings is 4. The molecule has 4 rings (SSSR count). The van der Waals surface area contributed by atoms with Crippen LogP contribution in [0.3, 0.4) is 0 Å². The second kappa shape index (κ2) is 10.7. The number of nitriles is 1. The quantitative estimate of drug-likeness (QED) is 0.223. The van der Waals surface area contributed by atoms with Gasteiger partial charge in [0.15, 0.2) is 0 Å². The molecule has 0 aliphatic carbocycles. The van der Waals surface area contributed by atoms with Crippen molar-refractivity contribution in [3.8, 4) is 6.07 Å². The van der Waals surface area contributed by atoms with Gasteiger partial charge in [-0.05, 0) is 66.2 Å². The van der Waals surface area contributed by atoms with Crippen LogP contribution in [0, 0.1) is 11.3 Å². The van der Waals surface area contributed by atoms with Crippen LogP contribution >= 0.6 is 23.2 Å². The minimum atomic E-state index is -0.564. The van der Waals surface area contributed by atoms with Crippen LogP contribution in [-0.2, 0) is 4.79 Å². The van der Waals surface area contributed by atoms with Crippen LogP contribution in [0.5, 0.6) is 0 Å². The standard InChI is InChI=1S/C28H19Cl2N3O/c29-22-13-16-26(30)27(18-22)32-28(34)21(19-31)17-20-11-14-25(15-12-20)33(23-7-3-1-4-8-23)24-9-5-2-6-10-24/h1-18H,(H,32,34). The molecule has 0 unspecified atom stereocenters. The lowest BCUT2D eigenvalue weighted by Crippen LogP contribution is -2.13. The molecule has 0 radical (unpaired) electrons. The van der Waals surface area contributed by atoms with Crippen molar-refractivity contribution in [2.24, 2.45) is 0 Å². The van der Waals surface area contributed by atoms with Gasteiger partial charge in [0, 0.05) is 22.1 Å². The Hall–Kier alpha value is -4.04. The van der Waals surface area contributed by atoms with Crippen LogP contribution in [0.2, 0.25) is 10.0 Å². The first-order valence-corrected chi connectivity index (χ1v) is 11.2. The van der Waals surface area contributed by atoms with E-state index in [1.165, 1.54) is 12.1 Å². The van der Waals surface area contributed by atoms with Gasteiger partial charge in [0.25, 0.3) is 5.91 Å². The number of halogens is 2. The minimum absolute atomic E-state index is 0.0493. The third-order valence-electron chi connectivity index (χ3n) is 5.03. The van der Waals surface area contributed by atoms with Crippen LogP contribution in [-0.4, -0.2) is 5.91 Å². The molecular formula is C28H19Cl2N3O. The maximum Gasteiger partial charge on any atom is 0.266 e. The van der Waals surface area contributed by atoms with Gasteiger partial charge in [0.2, 0.25) is 0 Å². The molecule has 4 aromatic rings. The minimum Gasteiger partial charge on any atom is -0.320 e. The fraction of sp³-hybridized carbons (Fsp3) is 0. The Kier molecular flexibility index (Phi) is 7.29. The molecule has 0 fully saturated rings. The van der Waals surface area contributed by atoms with E-state index in [9.17, 15) is 10.1 Å². The number of carbonyl (C=O) groups is 1. The largest absolute Gasteiger partial charge is 0.320 e. The van der Waals surface area contributed by atoms with E-state index in [-0.39, 0.29) is 5.57 Å². The Labute approximate surface area is 208 Å². The van der Waals surface area contributed by atoms with Crippen LogP contribution < -0.4 is 10.2 Å². The number of hydrogen-bond donors (Lipinski definition) is 1. The molecule has 0 aromatic heterocycles. The number of para-hydroxylation sites is 2. The highest BCUT2D eigenvalue weighted by atomic mass is 35.5. The summed E-state index contributed by atoms with van der Waals surface area (Å²) in [5, 5.41) is 13.0. The first kappa shape index (κ1) is 23.1. The molecule has 0 aliphatic heterocycles. The zero-order valence-corrected chi connectivity index (χ0v) is 19.5. The number of anilines is 4. The van der Waals surface area contributed by atoms with E-state index in [2.05, 4.69) is 10.2 Å². The van der Waals surface area contributed by atoms with E-state index < -0.39 is 5.91 Å². The lowest BCUT2D eigenvalue weighted by Gasteiger charge is -2.25. The van der Waals surface area contributed by atoms with Gasteiger partial charge in [-0.1, -0.05) is 71.7 Å². The second-order valence-corrected chi connectivity index (χ2v) is 8.19. The SMILES string of the molecule is N#CC(=Cc1ccc(N(c2ccccc2)c2ccccc2)cc1)C(=O)Nc1cc(Cl)ccc1Cl. The highest BCUT2D eigenvalue weighted by molar-refractivity contribution is 6.36. The third kappa shape index (κ3) is 5.47. The number of amides is 1. The molecule has 0 saturated carbocycles. The molecule has 0 atom stereocenters. The highest BCUT2D eigenvalue weighted by Gasteiger charge is 2.14. The molecule has 4 nitrogen and oxygen atoms in total. The normalized spacial score (nSPS) is 10.9. The lowest BCUT2D eigenvalue weighted by atomic mass is 10.1. The Morgan fingerprint density at radius 3 is 1.91 bits per heavy atom. The summed E-state index contributed by atoms with van der Waals surface area (Å²) >= 11 is 12.1. The number of nitrogens with one attached hydrogen (secondary N) is 1. The fourth-order valence-electron chi connectivity index (χ4n) is 3.42. The number of nitrogens with zero attached hydrogens (tertiary/aromatic N) is 2. The first-order chi connectivity index (χ1) is 16.5. The summed E-state index contributed by atoms with van der Waals surface area (Å²) in [6.45, 7) is 0. The van der Waals surface area contributed by atoms with Crippen LogP contribution in [0.4, 0.5) is 22.7 Å². The maximum absolute atomic E-state index is 12.6. The Bertz CT molecular complexity index is 1320. The maximum atomic E-state index is 12.6. The molecule has 0 aliphatic rings. The zero-order valence-electron chi connectivity index (χ0n) is 18.0. The molecule has 0 heterocycles. The van der Waals surface area contributed by atoms with Crippen molar-refractivity contribution in [2.75, 3.05) is 10.2 Å². The van der Waals surface area contributed by atoms with Gasteiger partial charge in [0.05, 0.1) is 10.7 Å². The predicted octanol–water partition coefficient (Wildman–Crippen LogP) is 8.01. The van der Waals surface area contributed by atoms with E-state index in [0.717, 1.165) is 17.1 Å². The molecule has 166 valence electrons. The molecule has 1 amide bonds. The molecule has 0 spiro atoms. The van der Waals surface area contributed by atoms with Crippen LogP contribution in [0.15, 0.2) is 109 Å². The Morgan fingerprint density at radius 1 is 0.794 bits per heavy atom. The Morgan fingerprint density at radius 2 is 1.35 bits per heavy atom. The molecule has 4 aromatic carbocycles. The van der Waals surface area contributed by atoms with Crippen molar-refractivity contribution < 1.29 is 4.79 Å². The van der Waals surface area contributed by atoms with Gasteiger partial charge in [-0.25, -0.2) is 0 Å². The van der Waals surface area contributed by atoms with E-state index in [4.69, 9.17) is 23.2 Å². The molecule has 34 heavy (non-hydrogen) atoms. The summed E-state index contributed by atoms with van der Waals surface area (Å²) in [5.74, 6) is -0.564. The van der Waals surface area contributed by atoms with Crippen molar-refractivity contribution in [3.05, 3.63) is 124 Å². The third-order valence-corrected chi connectivity index (χ3v) is 5.60. The van der Waals surface area contributed by atoms with Gasteiger partial charge in [-0.2, -0.15) is 5.26 Å². The van der Waals surface area contributed by atoms with Crippen molar-refractivity contribution >= 4 is 57.9 Å². The van der Waals surface area contributed by atoms with Crippen molar-refractivity contribution in [2.45, 2.75) is 0 Å². The number of hydrogen-bond acceptors (Lipinski definition) is 3. The van der Waals surface area contributed by atoms with E-state index in [1.54, 1.807) is 12.1 Å². The molecule has 6 heteroatoms. The van der Waals surface area contributed by atoms with Crippen molar-refractivity contribution in [3.63, 3.8) is 0 Å². The molecule has 0 saturated heterocycles. The molecule has 1 N–H and O–H groups in total. The van der Waals surface area contributed by atoms with E-state index >= 15 is 0 Å². The predicted molar refractivity (Wildman–Crippen MR) is 140 cm³/mol. The average Bonchev–Trinajstić information content (AvgIpc) is 2.87. The van der Waals surface area contributed by atoms with Gasteiger partial charge < -0.3 is 10.2 Å². The van der Waals surface area contributed by atoms with Gasteiger partial charge in [-0.3, -0.25) is 4.79 Å². The zero-order chi connectivity index (χ0) is 23.9. The monoisotopic (exact) mass is 483 g/mol. The summed E-state index contributed by atoms with van der Waals surface area (Å²) in [4.78, 5) is 14.8. The lowest BCUT2D eigenvalue weighted by molar-refractivity contribution is -0.112. The van der Waals surface area contributed by atoms with Gasteiger partial charge in [-0.15, -0.1) is 0 Å². The number of rotatable bonds is 6. The van der Waals surface area contributed by atoms with E-state index in [1.807, 2.05) is 91.0 Å². The summed E-state index contributed by atoms with van der Waals surface area (Å²) in [5.41, 5.74) is 4.00. The Balaban J connectivity index is 1.61. The first-order valence-electron chi connectivity index (χ1n) is 10.4. The van der Waals surface area contributed by atoms with Gasteiger partial charge >= 0.3 is 0 Å². The smallest absolute Gasteiger partial charge is 0.266 e. The summed E-state index contributed by atoms with van der Waals surface area (Å²) in [6.07, 6.45) is 1.53. The fourth-order valence-corrected chi connectivity index (χ4v) is 3.76. The van der Waals surface area contributed by atoms with Crippen LogP contribution in [0.1, 0.15) is 5.56 Å². The highest BCUT2D eigenvalue weighted by Crippen LogP contribution is 2.34. The van der Waals surface area contributed by atoms with Crippen molar-refractivity contribution in [1.82, 2.24) is 0 Å². The van der Waals surface area contributed by atoms with E-state index in [0.29, 0.717) is 21.3 Å². The van der Waals surface area contributed by atoms with Crippen LogP contribution in [0.25, 0.3) is 6.08 Å². The van der Waals surface area contributed by atoms with Gasteiger partial charge in [0.1, 0.15) is 11.6 Å². The summed E-state index contributed by atoms with van der Waals surface area (Å²) in [6, 6.07) is 34.4.